The number of benzene rings is 2. The summed E-state index contributed by atoms with van der Waals surface area (Å²) in [6.07, 6.45) is 0. The maximum Gasteiger partial charge on any atom is 0.253 e. The second kappa shape index (κ2) is 8.35. The van der Waals surface area contributed by atoms with Crippen molar-refractivity contribution in [1.29, 1.82) is 0 Å². The van der Waals surface area contributed by atoms with Crippen LogP contribution in [0.4, 0.5) is 0 Å². The number of carbonyl (C=O) groups is 1. The van der Waals surface area contributed by atoms with Crippen LogP contribution in [-0.4, -0.2) is 49.7 Å². The van der Waals surface area contributed by atoms with Gasteiger partial charge in [0.1, 0.15) is 0 Å². The second-order valence-corrected chi connectivity index (χ2v) is 10.2. The Morgan fingerprint density at radius 3 is 2.14 bits per heavy atom. The van der Waals surface area contributed by atoms with E-state index in [1.165, 1.54) is 9.87 Å². The van der Waals surface area contributed by atoms with Crippen molar-refractivity contribution in [2.75, 3.05) is 26.2 Å². The van der Waals surface area contributed by atoms with Gasteiger partial charge in [-0.2, -0.15) is 4.31 Å². The Morgan fingerprint density at radius 2 is 1.61 bits per heavy atom. The number of halogens is 1. The van der Waals surface area contributed by atoms with Gasteiger partial charge in [0.05, 0.1) is 4.90 Å². The minimum Gasteiger partial charge on any atom is -0.336 e. The van der Waals surface area contributed by atoms with Crippen LogP contribution in [-0.2, 0) is 10.0 Å². The third kappa shape index (κ3) is 4.31. The normalized spacial score (nSPS) is 15.8. The topological polar surface area (TPSA) is 57.7 Å². The molecule has 0 bridgehead atoms. The number of carbonyl (C=O) groups excluding carboxylic acids is 1. The minimum absolute atomic E-state index is 0.0520. The minimum atomic E-state index is -3.59. The van der Waals surface area contributed by atoms with E-state index in [9.17, 15) is 13.2 Å². The third-order valence-corrected chi connectivity index (χ3v) is 7.93. The van der Waals surface area contributed by atoms with Crippen molar-refractivity contribution in [2.45, 2.75) is 31.6 Å². The zero-order valence-corrected chi connectivity index (χ0v) is 18.8. The Hall–Kier alpha value is -1.70. The first-order valence-corrected chi connectivity index (χ1v) is 11.6. The molecule has 2 aromatic rings. The summed E-state index contributed by atoms with van der Waals surface area (Å²) in [5.74, 6) is 0.364. The van der Waals surface area contributed by atoms with Crippen LogP contribution < -0.4 is 0 Å². The van der Waals surface area contributed by atoms with E-state index in [1.807, 2.05) is 31.2 Å². The smallest absolute Gasteiger partial charge is 0.253 e. The molecule has 1 aliphatic rings. The Bertz CT molecular complexity index is 964. The molecule has 0 spiro atoms. The summed E-state index contributed by atoms with van der Waals surface area (Å²) >= 11 is 3.36. The summed E-state index contributed by atoms with van der Waals surface area (Å²) in [6, 6.07) is 12.9. The second-order valence-electron chi connectivity index (χ2n) is 7.41. The fourth-order valence-corrected chi connectivity index (χ4v) is 5.85. The number of hydrogen-bond donors (Lipinski definition) is 0. The molecule has 0 unspecified atom stereocenters. The maximum atomic E-state index is 13.0. The summed E-state index contributed by atoms with van der Waals surface area (Å²) in [5.41, 5.74) is 2.82. The monoisotopic (exact) mass is 464 g/mol. The SMILES string of the molecule is Cc1ccc(S(=O)(=O)N2CCN(C(=O)c3ccc(C(C)C)cc3)CC2)c(Br)c1. The lowest BCUT2D eigenvalue weighted by Crippen LogP contribution is -2.50. The van der Waals surface area contributed by atoms with Gasteiger partial charge in [0.15, 0.2) is 0 Å². The summed E-state index contributed by atoms with van der Waals surface area (Å²) in [7, 11) is -3.59. The van der Waals surface area contributed by atoms with Gasteiger partial charge in [-0.25, -0.2) is 8.42 Å². The average Bonchev–Trinajstić information content (AvgIpc) is 2.67. The van der Waals surface area contributed by atoms with Crippen LogP contribution in [0.15, 0.2) is 51.8 Å². The first-order chi connectivity index (χ1) is 13.2. The van der Waals surface area contributed by atoms with Gasteiger partial charge in [-0.3, -0.25) is 4.79 Å². The molecule has 28 heavy (non-hydrogen) atoms. The molecule has 1 fully saturated rings. The first-order valence-electron chi connectivity index (χ1n) is 9.35. The number of nitrogens with zero attached hydrogens (tertiary/aromatic N) is 2. The quantitative estimate of drug-likeness (QED) is 0.685. The Labute approximate surface area is 175 Å². The standard InChI is InChI=1S/C21H25BrN2O3S/c1-15(2)17-5-7-18(8-6-17)21(25)23-10-12-24(13-11-23)28(26,27)20-9-4-16(3)14-19(20)22/h4-9,14-15H,10-13H2,1-3H3. The molecule has 1 saturated heterocycles. The Morgan fingerprint density at radius 1 is 1.00 bits per heavy atom. The van der Waals surface area contributed by atoms with Crippen LogP contribution >= 0.6 is 15.9 Å². The van der Waals surface area contributed by atoms with E-state index >= 15 is 0 Å². The number of rotatable bonds is 4. The van der Waals surface area contributed by atoms with Gasteiger partial charge < -0.3 is 4.90 Å². The average molecular weight is 465 g/mol. The van der Waals surface area contributed by atoms with E-state index in [1.54, 1.807) is 23.1 Å². The molecule has 0 radical (unpaired) electrons. The molecular weight excluding hydrogens is 440 g/mol. The number of amides is 1. The molecule has 0 atom stereocenters. The van der Waals surface area contributed by atoms with Crippen molar-refractivity contribution in [3.63, 3.8) is 0 Å². The van der Waals surface area contributed by atoms with Crippen LogP contribution in [0.1, 0.15) is 41.3 Å². The van der Waals surface area contributed by atoms with E-state index in [0.29, 0.717) is 42.1 Å². The zero-order chi connectivity index (χ0) is 20.5. The molecule has 2 aromatic carbocycles. The summed E-state index contributed by atoms with van der Waals surface area (Å²) in [6.45, 7) is 7.49. The molecule has 0 saturated carbocycles. The van der Waals surface area contributed by atoms with E-state index in [4.69, 9.17) is 0 Å². The Balaban J connectivity index is 1.69. The van der Waals surface area contributed by atoms with Gasteiger partial charge in [0.2, 0.25) is 10.0 Å². The van der Waals surface area contributed by atoms with Gasteiger partial charge in [-0.05, 0) is 64.2 Å². The summed E-state index contributed by atoms with van der Waals surface area (Å²) in [4.78, 5) is 14.7. The van der Waals surface area contributed by atoms with Gasteiger partial charge in [0, 0.05) is 36.2 Å². The van der Waals surface area contributed by atoms with E-state index in [0.717, 1.165) is 5.56 Å². The molecule has 1 amide bonds. The van der Waals surface area contributed by atoms with Gasteiger partial charge in [0.25, 0.3) is 5.91 Å². The van der Waals surface area contributed by atoms with Crippen molar-refractivity contribution in [3.8, 4) is 0 Å². The van der Waals surface area contributed by atoms with E-state index < -0.39 is 10.0 Å². The molecule has 5 nitrogen and oxygen atoms in total. The highest BCUT2D eigenvalue weighted by atomic mass is 79.9. The van der Waals surface area contributed by atoms with Crippen molar-refractivity contribution in [1.82, 2.24) is 9.21 Å². The van der Waals surface area contributed by atoms with Crippen LogP contribution in [0.3, 0.4) is 0 Å². The molecule has 1 heterocycles. The lowest BCUT2D eigenvalue weighted by Gasteiger charge is -2.34. The van der Waals surface area contributed by atoms with Gasteiger partial charge >= 0.3 is 0 Å². The van der Waals surface area contributed by atoms with Crippen molar-refractivity contribution < 1.29 is 13.2 Å². The van der Waals surface area contributed by atoms with Crippen LogP contribution in [0, 0.1) is 6.92 Å². The molecule has 150 valence electrons. The molecule has 0 N–H and O–H groups in total. The number of piperazine rings is 1. The predicted molar refractivity (Wildman–Crippen MR) is 114 cm³/mol. The highest BCUT2D eigenvalue weighted by Gasteiger charge is 2.31. The van der Waals surface area contributed by atoms with Crippen molar-refractivity contribution in [2.24, 2.45) is 0 Å². The number of hydrogen-bond acceptors (Lipinski definition) is 3. The highest BCUT2D eigenvalue weighted by Crippen LogP contribution is 2.27. The molecule has 0 aromatic heterocycles. The molecular formula is C21H25BrN2O3S. The molecule has 3 rings (SSSR count). The van der Waals surface area contributed by atoms with Crippen LogP contribution in [0.25, 0.3) is 0 Å². The fourth-order valence-electron chi connectivity index (χ4n) is 3.28. The zero-order valence-electron chi connectivity index (χ0n) is 16.4. The predicted octanol–water partition coefficient (Wildman–Crippen LogP) is 4.03. The van der Waals surface area contributed by atoms with Crippen molar-refractivity contribution in [3.05, 3.63) is 63.6 Å². The largest absolute Gasteiger partial charge is 0.336 e. The first kappa shape index (κ1) is 21.0. The maximum absolute atomic E-state index is 13.0. The third-order valence-electron chi connectivity index (χ3n) is 5.06. The summed E-state index contributed by atoms with van der Waals surface area (Å²) in [5, 5.41) is 0. The molecule has 7 heteroatoms. The van der Waals surface area contributed by atoms with E-state index in [-0.39, 0.29) is 10.8 Å². The van der Waals surface area contributed by atoms with Gasteiger partial charge in [-0.1, -0.05) is 32.0 Å². The van der Waals surface area contributed by atoms with E-state index in [2.05, 4.69) is 29.8 Å². The Kier molecular flexibility index (Phi) is 6.27. The number of aryl methyl sites for hydroxylation is 1. The van der Waals surface area contributed by atoms with Gasteiger partial charge in [-0.15, -0.1) is 0 Å². The fraction of sp³-hybridized carbons (Fsp3) is 0.381. The molecule has 0 aliphatic carbocycles. The highest BCUT2D eigenvalue weighted by molar-refractivity contribution is 9.10. The van der Waals surface area contributed by atoms with Crippen LogP contribution in [0.5, 0.6) is 0 Å². The lowest BCUT2D eigenvalue weighted by molar-refractivity contribution is 0.0698. The lowest BCUT2D eigenvalue weighted by atomic mass is 10.0. The molecule has 1 aliphatic heterocycles. The van der Waals surface area contributed by atoms with Crippen LogP contribution in [0.2, 0.25) is 0 Å². The summed E-state index contributed by atoms with van der Waals surface area (Å²) < 4.78 is 27.9. The van der Waals surface area contributed by atoms with Crippen molar-refractivity contribution >= 4 is 31.9 Å². The number of sulfonamides is 1.